The van der Waals surface area contributed by atoms with Gasteiger partial charge < -0.3 is 4.74 Å². The molecule has 26 heavy (non-hydrogen) atoms. The van der Waals surface area contributed by atoms with Crippen LogP contribution in [0.5, 0.6) is 0 Å². The number of rotatable bonds is 21. The molecule has 0 rings (SSSR count). The summed E-state index contributed by atoms with van der Waals surface area (Å²) in [6.07, 6.45) is 29.2. The fraction of sp³-hybridized carbons (Fsp3) is 0.875. The Balaban J connectivity index is 3.03. The van der Waals surface area contributed by atoms with Gasteiger partial charge in [0.15, 0.2) is 5.05 Å². The molecule has 0 amide bonds. The van der Waals surface area contributed by atoms with E-state index in [9.17, 15) is 0 Å². The molecule has 0 aromatic heterocycles. The minimum absolute atomic E-state index is 0.687. The van der Waals surface area contributed by atoms with Crippen molar-refractivity contribution in [2.45, 2.75) is 135 Å². The third kappa shape index (κ3) is 21.7. The Labute approximate surface area is 170 Å². The molecule has 0 fully saturated rings. The van der Waals surface area contributed by atoms with Crippen LogP contribution in [0.25, 0.3) is 0 Å². The third-order valence-electron chi connectivity index (χ3n) is 5.20. The van der Waals surface area contributed by atoms with Crippen molar-refractivity contribution < 1.29 is 4.74 Å². The molecule has 0 spiro atoms. The summed E-state index contributed by atoms with van der Waals surface area (Å²) >= 11 is 5.08. The largest absolute Gasteiger partial charge is 0.459 e. The summed E-state index contributed by atoms with van der Waals surface area (Å²) in [5.41, 5.74) is 0. The van der Waals surface area contributed by atoms with Gasteiger partial charge in [-0.25, -0.2) is 0 Å². The number of unbranched alkanes of at least 4 members (excludes halogenated alkanes) is 18. The first kappa shape index (κ1) is 25.6. The van der Waals surface area contributed by atoms with Gasteiger partial charge in [0.1, 0.15) is 0 Å². The predicted molar refractivity (Wildman–Crippen MR) is 122 cm³/mol. The van der Waals surface area contributed by atoms with E-state index >= 15 is 0 Å². The van der Waals surface area contributed by atoms with Crippen molar-refractivity contribution in [3.05, 3.63) is 12.8 Å². The van der Waals surface area contributed by atoms with E-state index < -0.39 is 0 Å². The Hall–Kier alpha value is -0.370. The van der Waals surface area contributed by atoms with E-state index in [1.54, 1.807) is 0 Å². The SMILES string of the molecule is C=COC(=S)CCCCCCCCCCCCCCCCCCCCC. The van der Waals surface area contributed by atoms with Crippen molar-refractivity contribution in [3.63, 3.8) is 0 Å². The summed E-state index contributed by atoms with van der Waals surface area (Å²) in [6.45, 7) is 5.82. The van der Waals surface area contributed by atoms with Crippen LogP contribution in [-0.4, -0.2) is 5.05 Å². The summed E-state index contributed by atoms with van der Waals surface area (Å²) in [6, 6.07) is 0. The maximum absolute atomic E-state index is 5.08. The molecule has 0 aromatic rings. The van der Waals surface area contributed by atoms with Crippen LogP contribution < -0.4 is 0 Å². The molecule has 0 aliphatic carbocycles. The summed E-state index contributed by atoms with van der Waals surface area (Å²) in [5.74, 6) is 0. The number of ether oxygens (including phenoxy) is 1. The van der Waals surface area contributed by atoms with Gasteiger partial charge in [0.05, 0.1) is 6.26 Å². The van der Waals surface area contributed by atoms with Gasteiger partial charge in [-0.1, -0.05) is 129 Å². The van der Waals surface area contributed by atoms with Crippen molar-refractivity contribution in [3.8, 4) is 0 Å². The van der Waals surface area contributed by atoms with Crippen molar-refractivity contribution >= 4 is 17.3 Å². The number of hydrogen-bond donors (Lipinski definition) is 0. The molecule has 0 radical (unpaired) electrons. The lowest BCUT2D eigenvalue weighted by Gasteiger charge is -2.04. The Morgan fingerprint density at radius 2 is 0.923 bits per heavy atom. The normalized spacial score (nSPS) is 10.8. The lowest BCUT2D eigenvalue weighted by Crippen LogP contribution is -1.95. The van der Waals surface area contributed by atoms with E-state index in [1.807, 2.05) is 0 Å². The molecule has 0 aromatic carbocycles. The Bertz CT molecular complexity index is 301. The summed E-state index contributed by atoms with van der Waals surface area (Å²) in [4.78, 5) is 0. The lowest BCUT2D eigenvalue weighted by atomic mass is 10.0. The molecular formula is C24H46OS. The Morgan fingerprint density at radius 1 is 0.615 bits per heavy atom. The van der Waals surface area contributed by atoms with Crippen molar-refractivity contribution in [1.82, 2.24) is 0 Å². The smallest absolute Gasteiger partial charge is 0.166 e. The first-order chi connectivity index (χ1) is 12.8. The molecule has 0 heterocycles. The average molecular weight is 383 g/mol. The topological polar surface area (TPSA) is 9.23 Å². The van der Waals surface area contributed by atoms with Gasteiger partial charge in [0.25, 0.3) is 0 Å². The Kier molecular flexibility index (Phi) is 22.3. The van der Waals surface area contributed by atoms with Crippen molar-refractivity contribution in [1.29, 1.82) is 0 Å². The van der Waals surface area contributed by atoms with Crippen molar-refractivity contribution in [2.75, 3.05) is 0 Å². The molecular weight excluding hydrogens is 336 g/mol. The van der Waals surface area contributed by atoms with Gasteiger partial charge in [-0.2, -0.15) is 0 Å². The lowest BCUT2D eigenvalue weighted by molar-refractivity contribution is 0.465. The molecule has 0 aliphatic heterocycles. The van der Waals surface area contributed by atoms with E-state index in [4.69, 9.17) is 17.0 Å². The highest BCUT2D eigenvalue weighted by atomic mass is 32.1. The maximum atomic E-state index is 5.08. The highest BCUT2D eigenvalue weighted by Gasteiger charge is 1.97. The van der Waals surface area contributed by atoms with Crippen LogP contribution in [0.1, 0.15) is 135 Å². The van der Waals surface area contributed by atoms with E-state index in [-0.39, 0.29) is 0 Å². The standard InChI is InChI=1S/C24H46OS/c1-3-5-6-7-8-9-10-11-12-13-14-15-16-17-18-19-20-21-22-23-24(26)25-4-2/h4H,2-3,5-23H2,1H3. The first-order valence-corrected chi connectivity index (χ1v) is 12.0. The third-order valence-corrected chi connectivity index (χ3v) is 5.50. The van der Waals surface area contributed by atoms with Gasteiger partial charge in [-0.3, -0.25) is 0 Å². The van der Waals surface area contributed by atoms with Crippen LogP contribution in [0.2, 0.25) is 0 Å². The van der Waals surface area contributed by atoms with Crippen molar-refractivity contribution in [2.24, 2.45) is 0 Å². The molecule has 0 saturated carbocycles. The fourth-order valence-electron chi connectivity index (χ4n) is 3.50. The predicted octanol–water partition coefficient (Wildman–Crippen LogP) is 9.30. The van der Waals surface area contributed by atoms with Crippen LogP contribution in [0.3, 0.4) is 0 Å². The molecule has 0 atom stereocenters. The van der Waals surface area contributed by atoms with E-state index in [0.29, 0.717) is 5.05 Å². The van der Waals surface area contributed by atoms with Crippen LogP contribution in [0, 0.1) is 0 Å². The fourth-order valence-corrected chi connectivity index (χ4v) is 3.71. The minimum atomic E-state index is 0.687. The molecule has 2 heteroatoms. The zero-order valence-corrected chi connectivity index (χ0v) is 18.6. The van der Waals surface area contributed by atoms with Gasteiger partial charge >= 0.3 is 0 Å². The van der Waals surface area contributed by atoms with E-state index in [2.05, 4.69) is 13.5 Å². The minimum Gasteiger partial charge on any atom is -0.459 e. The van der Waals surface area contributed by atoms with Crippen LogP contribution in [-0.2, 0) is 4.74 Å². The number of hydrogen-bond acceptors (Lipinski definition) is 2. The second-order valence-corrected chi connectivity index (χ2v) is 8.23. The molecule has 0 N–H and O–H groups in total. The van der Waals surface area contributed by atoms with Crippen LogP contribution in [0.4, 0.5) is 0 Å². The molecule has 1 nitrogen and oxygen atoms in total. The molecule has 0 unspecified atom stereocenters. The van der Waals surface area contributed by atoms with E-state index in [1.165, 1.54) is 122 Å². The summed E-state index contributed by atoms with van der Waals surface area (Å²) < 4.78 is 5.07. The van der Waals surface area contributed by atoms with E-state index in [0.717, 1.165) is 12.8 Å². The quantitative estimate of drug-likeness (QED) is 0.111. The second kappa shape index (κ2) is 22.7. The zero-order valence-electron chi connectivity index (χ0n) is 17.7. The van der Waals surface area contributed by atoms with Crippen LogP contribution in [0.15, 0.2) is 12.8 Å². The highest BCUT2D eigenvalue weighted by Crippen LogP contribution is 2.14. The summed E-state index contributed by atoms with van der Waals surface area (Å²) in [7, 11) is 0. The van der Waals surface area contributed by atoms with Gasteiger partial charge in [0.2, 0.25) is 0 Å². The van der Waals surface area contributed by atoms with Crippen LogP contribution >= 0.6 is 12.2 Å². The van der Waals surface area contributed by atoms with Gasteiger partial charge in [-0.15, -0.1) is 0 Å². The zero-order chi connectivity index (χ0) is 19.1. The first-order valence-electron chi connectivity index (χ1n) is 11.6. The van der Waals surface area contributed by atoms with Gasteiger partial charge in [-0.05, 0) is 18.6 Å². The Morgan fingerprint density at radius 3 is 1.23 bits per heavy atom. The average Bonchev–Trinajstić information content (AvgIpc) is 2.64. The molecule has 0 aliphatic rings. The molecule has 0 bridgehead atoms. The number of thiocarbonyl (C=S) groups is 1. The molecule has 154 valence electrons. The monoisotopic (exact) mass is 382 g/mol. The summed E-state index contributed by atoms with van der Waals surface area (Å²) in [5, 5.41) is 0.687. The molecule has 0 saturated heterocycles. The maximum Gasteiger partial charge on any atom is 0.166 e. The second-order valence-electron chi connectivity index (χ2n) is 7.77. The van der Waals surface area contributed by atoms with Gasteiger partial charge in [0, 0.05) is 6.42 Å². The highest BCUT2D eigenvalue weighted by molar-refractivity contribution is 7.80.